The molecule has 0 bridgehead atoms. The van der Waals surface area contributed by atoms with E-state index in [4.69, 9.17) is 10.5 Å². The van der Waals surface area contributed by atoms with E-state index < -0.39 is 0 Å². The lowest BCUT2D eigenvalue weighted by Crippen LogP contribution is -2.48. The van der Waals surface area contributed by atoms with Crippen molar-refractivity contribution < 1.29 is 4.74 Å². The molecule has 3 rings (SSSR count). The third-order valence-corrected chi connectivity index (χ3v) is 4.51. The number of ether oxygens (including phenoxy) is 1. The lowest BCUT2D eigenvalue weighted by molar-refractivity contribution is 0.0517. The highest BCUT2D eigenvalue weighted by Gasteiger charge is 2.22. The number of nitrogens with zero attached hydrogens (tertiary/aromatic N) is 2. The maximum absolute atomic E-state index is 6.07. The Bertz CT molecular complexity index is 424. The van der Waals surface area contributed by atoms with E-state index in [-0.39, 0.29) is 0 Å². The number of hydrogen-bond donors (Lipinski definition) is 1. The summed E-state index contributed by atoms with van der Waals surface area (Å²) < 4.78 is 5.44. The molecule has 2 heterocycles. The zero-order valence-electron chi connectivity index (χ0n) is 14.1. The molecule has 2 saturated heterocycles. The summed E-state index contributed by atoms with van der Waals surface area (Å²) in [6, 6.07) is 8.19. The SMILES string of the molecule is CC.Nc1ccccc1N1CCN(CC2CCOCC2)CC1. The normalized spacial score (nSPS) is 20.4. The fourth-order valence-corrected chi connectivity index (χ4v) is 3.24. The van der Waals surface area contributed by atoms with E-state index in [2.05, 4.69) is 21.9 Å². The van der Waals surface area contributed by atoms with Crippen LogP contribution in [0.25, 0.3) is 0 Å². The summed E-state index contributed by atoms with van der Waals surface area (Å²) in [4.78, 5) is 5.02. The van der Waals surface area contributed by atoms with Crippen molar-refractivity contribution in [3.8, 4) is 0 Å². The summed E-state index contributed by atoms with van der Waals surface area (Å²) in [6.07, 6.45) is 2.46. The number of rotatable bonds is 3. The van der Waals surface area contributed by atoms with Gasteiger partial charge in [-0.3, -0.25) is 4.90 Å². The third-order valence-electron chi connectivity index (χ3n) is 4.51. The number of nitrogens with two attached hydrogens (primary N) is 1. The molecule has 2 aliphatic heterocycles. The van der Waals surface area contributed by atoms with Crippen molar-refractivity contribution in [2.24, 2.45) is 5.92 Å². The average Bonchev–Trinajstić information content (AvgIpc) is 2.59. The molecule has 0 atom stereocenters. The van der Waals surface area contributed by atoms with Crippen molar-refractivity contribution in [1.29, 1.82) is 0 Å². The van der Waals surface area contributed by atoms with E-state index in [0.717, 1.165) is 51.0 Å². The highest BCUT2D eigenvalue weighted by atomic mass is 16.5. The molecule has 2 fully saturated rings. The van der Waals surface area contributed by atoms with Crippen molar-refractivity contribution >= 4 is 11.4 Å². The fraction of sp³-hybridized carbons (Fsp3) is 0.667. The van der Waals surface area contributed by atoms with Crippen molar-refractivity contribution in [3.63, 3.8) is 0 Å². The first-order valence-corrected chi connectivity index (χ1v) is 8.72. The minimum atomic E-state index is 0.831. The van der Waals surface area contributed by atoms with Crippen LogP contribution in [0.3, 0.4) is 0 Å². The van der Waals surface area contributed by atoms with Crippen LogP contribution in [-0.4, -0.2) is 50.8 Å². The number of benzene rings is 1. The Morgan fingerprint density at radius 1 is 1.05 bits per heavy atom. The molecule has 0 aromatic heterocycles. The molecule has 2 aliphatic rings. The molecule has 1 aromatic carbocycles. The molecule has 1 aromatic rings. The zero-order chi connectivity index (χ0) is 15.8. The van der Waals surface area contributed by atoms with Crippen LogP contribution in [0.5, 0.6) is 0 Å². The summed E-state index contributed by atoms with van der Waals surface area (Å²) in [5.41, 5.74) is 8.15. The predicted octanol–water partition coefficient (Wildman–Crippen LogP) is 2.84. The van der Waals surface area contributed by atoms with Crippen LogP contribution in [0, 0.1) is 5.92 Å². The van der Waals surface area contributed by atoms with E-state index in [9.17, 15) is 0 Å². The largest absolute Gasteiger partial charge is 0.397 e. The molecule has 4 heteroatoms. The second kappa shape index (κ2) is 9.01. The van der Waals surface area contributed by atoms with Gasteiger partial charge in [0.2, 0.25) is 0 Å². The van der Waals surface area contributed by atoms with Gasteiger partial charge in [-0.2, -0.15) is 0 Å². The van der Waals surface area contributed by atoms with Gasteiger partial charge >= 0.3 is 0 Å². The minimum absolute atomic E-state index is 0.831. The van der Waals surface area contributed by atoms with Crippen LogP contribution in [0.1, 0.15) is 26.7 Å². The van der Waals surface area contributed by atoms with Crippen LogP contribution in [0.15, 0.2) is 24.3 Å². The van der Waals surface area contributed by atoms with Gasteiger partial charge < -0.3 is 15.4 Å². The molecule has 22 heavy (non-hydrogen) atoms. The first kappa shape index (κ1) is 17.1. The Labute approximate surface area is 135 Å². The van der Waals surface area contributed by atoms with Crippen LogP contribution in [0.4, 0.5) is 11.4 Å². The van der Waals surface area contributed by atoms with Crippen LogP contribution < -0.4 is 10.6 Å². The minimum Gasteiger partial charge on any atom is -0.397 e. The van der Waals surface area contributed by atoms with Gasteiger partial charge in [-0.25, -0.2) is 0 Å². The van der Waals surface area contributed by atoms with Crippen LogP contribution in [-0.2, 0) is 4.74 Å². The fourth-order valence-electron chi connectivity index (χ4n) is 3.24. The van der Waals surface area contributed by atoms with E-state index in [1.807, 2.05) is 26.0 Å². The Morgan fingerprint density at radius 2 is 1.68 bits per heavy atom. The molecule has 0 unspecified atom stereocenters. The van der Waals surface area contributed by atoms with Crippen molar-refractivity contribution in [3.05, 3.63) is 24.3 Å². The second-order valence-electron chi connectivity index (χ2n) is 5.90. The monoisotopic (exact) mass is 305 g/mol. The molecule has 0 radical (unpaired) electrons. The lowest BCUT2D eigenvalue weighted by Gasteiger charge is -2.38. The van der Waals surface area contributed by atoms with Crippen LogP contribution in [0.2, 0.25) is 0 Å². The van der Waals surface area contributed by atoms with Gasteiger partial charge in [0, 0.05) is 45.9 Å². The van der Waals surface area contributed by atoms with Crippen LogP contribution >= 0.6 is 0 Å². The second-order valence-corrected chi connectivity index (χ2v) is 5.90. The Morgan fingerprint density at radius 3 is 2.32 bits per heavy atom. The molecule has 0 aliphatic carbocycles. The van der Waals surface area contributed by atoms with Gasteiger partial charge in [0.15, 0.2) is 0 Å². The molecular weight excluding hydrogens is 274 g/mol. The summed E-state index contributed by atoms with van der Waals surface area (Å²) in [7, 11) is 0. The smallest absolute Gasteiger partial charge is 0.0600 e. The van der Waals surface area contributed by atoms with Crippen molar-refractivity contribution in [2.75, 3.05) is 56.6 Å². The first-order valence-electron chi connectivity index (χ1n) is 8.72. The quantitative estimate of drug-likeness (QED) is 0.872. The Balaban J connectivity index is 0.000000847. The lowest BCUT2D eigenvalue weighted by atomic mass is 9.99. The number of nitrogen functional groups attached to an aromatic ring is 1. The van der Waals surface area contributed by atoms with Crippen molar-refractivity contribution in [1.82, 2.24) is 4.90 Å². The highest BCUT2D eigenvalue weighted by Crippen LogP contribution is 2.24. The van der Waals surface area contributed by atoms with E-state index in [0.29, 0.717) is 0 Å². The Hall–Kier alpha value is -1.26. The molecular formula is C18H31N3O. The summed E-state index contributed by atoms with van der Waals surface area (Å²) in [5.74, 6) is 0.831. The van der Waals surface area contributed by atoms with Gasteiger partial charge in [0.05, 0.1) is 11.4 Å². The van der Waals surface area contributed by atoms with E-state index >= 15 is 0 Å². The van der Waals surface area contributed by atoms with E-state index in [1.165, 1.54) is 25.1 Å². The number of piperazine rings is 1. The topological polar surface area (TPSA) is 41.7 Å². The molecule has 0 amide bonds. The molecule has 4 nitrogen and oxygen atoms in total. The molecule has 0 spiro atoms. The summed E-state index contributed by atoms with van der Waals surface area (Å²) >= 11 is 0. The zero-order valence-corrected chi connectivity index (χ0v) is 14.1. The summed E-state index contributed by atoms with van der Waals surface area (Å²) in [5, 5.41) is 0. The maximum atomic E-state index is 6.07. The maximum Gasteiger partial charge on any atom is 0.0600 e. The number of anilines is 2. The Kier molecular flexibility index (Phi) is 7.00. The standard InChI is InChI=1S/C16H25N3O.C2H6/c17-15-3-1-2-4-16(15)19-9-7-18(8-10-19)13-14-5-11-20-12-6-14;1-2/h1-4,14H,5-13,17H2;1-2H3. The van der Waals surface area contributed by atoms with Crippen molar-refractivity contribution in [2.45, 2.75) is 26.7 Å². The van der Waals surface area contributed by atoms with Gasteiger partial charge in [-0.15, -0.1) is 0 Å². The van der Waals surface area contributed by atoms with Gasteiger partial charge in [-0.05, 0) is 30.9 Å². The average molecular weight is 305 g/mol. The third kappa shape index (κ3) is 4.62. The number of hydrogen-bond acceptors (Lipinski definition) is 4. The summed E-state index contributed by atoms with van der Waals surface area (Å²) in [6.45, 7) is 11.6. The first-order chi connectivity index (χ1) is 10.8. The van der Waals surface area contributed by atoms with Gasteiger partial charge in [0.1, 0.15) is 0 Å². The van der Waals surface area contributed by atoms with Gasteiger partial charge in [-0.1, -0.05) is 26.0 Å². The van der Waals surface area contributed by atoms with Gasteiger partial charge in [0.25, 0.3) is 0 Å². The molecule has 124 valence electrons. The highest BCUT2D eigenvalue weighted by molar-refractivity contribution is 5.67. The molecule has 0 saturated carbocycles. The molecule has 2 N–H and O–H groups in total. The predicted molar refractivity (Wildman–Crippen MR) is 94.4 cm³/mol. The number of para-hydroxylation sites is 2. The van der Waals surface area contributed by atoms with E-state index in [1.54, 1.807) is 0 Å².